The van der Waals surface area contributed by atoms with Crippen LogP contribution >= 0.6 is 11.6 Å². The third-order valence-electron chi connectivity index (χ3n) is 2.39. The molecule has 0 atom stereocenters. The Labute approximate surface area is 120 Å². The van der Waals surface area contributed by atoms with Crippen LogP contribution in [0.15, 0.2) is 18.2 Å². The van der Waals surface area contributed by atoms with E-state index in [0.29, 0.717) is 17.3 Å². The molecule has 2 rings (SSSR count). The second-order valence-electron chi connectivity index (χ2n) is 3.65. The summed E-state index contributed by atoms with van der Waals surface area (Å²) in [5, 5.41) is 0.519. The van der Waals surface area contributed by atoms with Crippen LogP contribution in [0.3, 0.4) is 0 Å². The Kier molecular flexibility index (Phi) is 4.54. The molecule has 2 N–H and O–H groups in total. The highest BCUT2D eigenvalue weighted by molar-refractivity contribution is 6.30. The zero-order valence-corrected chi connectivity index (χ0v) is 11.7. The standard InChI is InChI=1S/C12H13ClN4O3/c1-18-10-15-11(19-2)17-12(16-10)20-9-5-8(13)4-3-7(9)6-14/h3-5H,6,14H2,1-2H3. The molecule has 0 saturated heterocycles. The van der Waals surface area contributed by atoms with Gasteiger partial charge in [-0.2, -0.15) is 0 Å². The molecular formula is C12H13ClN4O3. The Morgan fingerprint density at radius 1 is 1.05 bits per heavy atom. The van der Waals surface area contributed by atoms with Gasteiger partial charge in [0.25, 0.3) is 0 Å². The molecule has 0 saturated carbocycles. The van der Waals surface area contributed by atoms with Crippen molar-refractivity contribution in [1.82, 2.24) is 15.0 Å². The summed E-state index contributed by atoms with van der Waals surface area (Å²) < 4.78 is 15.5. The van der Waals surface area contributed by atoms with Gasteiger partial charge in [-0.1, -0.05) is 17.7 Å². The normalized spacial score (nSPS) is 10.2. The number of ether oxygens (including phenoxy) is 3. The number of rotatable bonds is 5. The molecule has 0 aliphatic heterocycles. The van der Waals surface area contributed by atoms with Crippen molar-refractivity contribution < 1.29 is 14.2 Å². The molecule has 7 nitrogen and oxygen atoms in total. The van der Waals surface area contributed by atoms with Crippen LogP contribution in [0.25, 0.3) is 0 Å². The Morgan fingerprint density at radius 2 is 1.65 bits per heavy atom. The maximum Gasteiger partial charge on any atom is 0.331 e. The summed E-state index contributed by atoms with van der Waals surface area (Å²) in [5.74, 6) is 0.468. The number of nitrogens with zero attached hydrogens (tertiary/aromatic N) is 3. The van der Waals surface area contributed by atoms with Crippen LogP contribution in [-0.4, -0.2) is 29.2 Å². The number of nitrogens with two attached hydrogens (primary N) is 1. The van der Waals surface area contributed by atoms with Gasteiger partial charge in [0.2, 0.25) is 0 Å². The van der Waals surface area contributed by atoms with Gasteiger partial charge in [0.1, 0.15) is 5.75 Å². The Hall–Kier alpha value is -2.12. The predicted octanol–water partition coefficient (Wildman–Crippen LogP) is 1.79. The van der Waals surface area contributed by atoms with Crippen LogP contribution in [0.4, 0.5) is 0 Å². The van der Waals surface area contributed by atoms with Crippen molar-refractivity contribution in [3.05, 3.63) is 28.8 Å². The fourth-order valence-electron chi connectivity index (χ4n) is 1.44. The van der Waals surface area contributed by atoms with Gasteiger partial charge in [0.05, 0.1) is 14.2 Å². The van der Waals surface area contributed by atoms with Crippen molar-refractivity contribution in [1.29, 1.82) is 0 Å². The van der Waals surface area contributed by atoms with E-state index >= 15 is 0 Å². The Morgan fingerprint density at radius 3 is 2.20 bits per heavy atom. The largest absolute Gasteiger partial charge is 0.467 e. The lowest BCUT2D eigenvalue weighted by atomic mass is 10.2. The van der Waals surface area contributed by atoms with E-state index in [-0.39, 0.29) is 18.0 Å². The highest BCUT2D eigenvalue weighted by atomic mass is 35.5. The maximum absolute atomic E-state index is 5.93. The monoisotopic (exact) mass is 296 g/mol. The molecular weight excluding hydrogens is 284 g/mol. The van der Waals surface area contributed by atoms with E-state index in [1.165, 1.54) is 14.2 Å². The summed E-state index contributed by atoms with van der Waals surface area (Å²) in [6.45, 7) is 0.297. The van der Waals surface area contributed by atoms with Crippen LogP contribution in [0.1, 0.15) is 5.56 Å². The lowest BCUT2D eigenvalue weighted by Crippen LogP contribution is -2.04. The number of hydrogen-bond donors (Lipinski definition) is 1. The minimum Gasteiger partial charge on any atom is -0.467 e. The van der Waals surface area contributed by atoms with Gasteiger partial charge in [-0.05, 0) is 12.1 Å². The van der Waals surface area contributed by atoms with E-state index < -0.39 is 0 Å². The van der Waals surface area contributed by atoms with Crippen LogP contribution in [-0.2, 0) is 6.54 Å². The summed E-state index contributed by atoms with van der Waals surface area (Å²) in [6.07, 6.45) is 0. The molecule has 20 heavy (non-hydrogen) atoms. The molecule has 0 amide bonds. The summed E-state index contributed by atoms with van der Waals surface area (Å²) in [4.78, 5) is 11.8. The average molecular weight is 297 g/mol. The molecule has 0 aliphatic rings. The molecule has 2 aromatic rings. The van der Waals surface area contributed by atoms with Gasteiger partial charge in [-0.15, -0.1) is 15.0 Å². The molecule has 1 aromatic carbocycles. The van der Waals surface area contributed by atoms with Gasteiger partial charge < -0.3 is 19.9 Å². The van der Waals surface area contributed by atoms with E-state index in [1.54, 1.807) is 18.2 Å². The molecule has 0 aliphatic carbocycles. The molecule has 0 radical (unpaired) electrons. The molecule has 0 fully saturated rings. The van der Waals surface area contributed by atoms with E-state index in [4.69, 9.17) is 31.5 Å². The van der Waals surface area contributed by atoms with Crippen LogP contribution in [0.2, 0.25) is 5.02 Å². The van der Waals surface area contributed by atoms with Gasteiger partial charge in [-0.3, -0.25) is 0 Å². The average Bonchev–Trinajstić information content (AvgIpc) is 2.47. The minimum atomic E-state index is 0.0330. The molecule has 1 aromatic heterocycles. The summed E-state index contributed by atoms with van der Waals surface area (Å²) >= 11 is 5.93. The second kappa shape index (κ2) is 6.36. The summed E-state index contributed by atoms with van der Waals surface area (Å²) in [7, 11) is 2.87. The fourth-order valence-corrected chi connectivity index (χ4v) is 1.60. The zero-order chi connectivity index (χ0) is 14.5. The summed E-state index contributed by atoms with van der Waals surface area (Å²) in [5.41, 5.74) is 6.41. The molecule has 0 spiro atoms. The molecule has 8 heteroatoms. The van der Waals surface area contributed by atoms with Gasteiger partial charge in [-0.25, -0.2) is 0 Å². The molecule has 0 unspecified atom stereocenters. The molecule has 106 valence electrons. The van der Waals surface area contributed by atoms with Crippen LogP contribution in [0, 0.1) is 0 Å². The van der Waals surface area contributed by atoms with Gasteiger partial charge >= 0.3 is 18.0 Å². The smallest absolute Gasteiger partial charge is 0.331 e. The van der Waals surface area contributed by atoms with Crippen molar-refractivity contribution in [3.8, 4) is 23.8 Å². The van der Waals surface area contributed by atoms with Crippen molar-refractivity contribution in [2.24, 2.45) is 5.73 Å². The minimum absolute atomic E-state index is 0.0330. The van der Waals surface area contributed by atoms with E-state index in [1.807, 2.05) is 0 Å². The fraction of sp³-hybridized carbons (Fsp3) is 0.250. The van der Waals surface area contributed by atoms with E-state index in [0.717, 1.165) is 5.56 Å². The van der Waals surface area contributed by atoms with Crippen LogP contribution in [0.5, 0.6) is 23.8 Å². The van der Waals surface area contributed by atoms with Crippen molar-refractivity contribution in [2.45, 2.75) is 6.54 Å². The Bertz CT molecular complexity index is 587. The molecule has 1 heterocycles. The van der Waals surface area contributed by atoms with Crippen molar-refractivity contribution in [3.63, 3.8) is 0 Å². The van der Waals surface area contributed by atoms with Gasteiger partial charge in [0, 0.05) is 17.1 Å². The quantitative estimate of drug-likeness (QED) is 0.899. The zero-order valence-electron chi connectivity index (χ0n) is 11.0. The van der Waals surface area contributed by atoms with Crippen LogP contribution < -0.4 is 19.9 Å². The summed E-state index contributed by atoms with van der Waals surface area (Å²) in [6, 6.07) is 5.34. The number of aromatic nitrogens is 3. The Balaban J connectivity index is 2.36. The number of hydrogen-bond acceptors (Lipinski definition) is 7. The van der Waals surface area contributed by atoms with Crippen molar-refractivity contribution in [2.75, 3.05) is 14.2 Å². The lowest BCUT2D eigenvalue weighted by molar-refractivity contribution is 0.320. The first-order chi connectivity index (χ1) is 9.66. The first-order valence-corrected chi connectivity index (χ1v) is 6.04. The number of benzene rings is 1. The van der Waals surface area contributed by atoms with E-state index in [9.17, 15) is 0 Å². The third kappa shape index (κ3) is 3.25. The lowest BCUT2D eigenvalue weighted by Gasteiger charge is -2.10. The van der Waals surface area contributed by atoms with E-state index in [2.05, 4.69) is 15.0 Å². The SMILES string of the molecule is COc1nc(OC)nc(Oc2cc(Cl)ccc2CN)n1. The first-order valence-electron chi connectivity index (χ1n) is 5.66. The van der Waals surface area contributed by atoms with Crippen molar-refractivity contribution >= 4 is 11.6 Å². The first kappa shape index (κ1) is 14.3. The molecule has 0 bridgehead atoms. The van der Waals surface area contributed by atoms with Gasteiger partial charge in [0.15, 0.2) is 0 Å². The number of halogens is 1. The highest BCUT2D eigenvalue weighted by Crippen LogP contribution is 2.27. The maximum atomic E-state index is 5.93. The highest BCUT2D eigenvalue weighted by Gasteiger charge is 2.11. The third-order valence-corrected chi connectivity index (χ3v) is 2.62. The number of methoxy groups -OCH3 is 2. The second-order valence-corrected chi connectivity index (χ2v) is 4.09. The topological polar surface area (TPSA) is 92.4 Å². The predicted molar refractivity (Wildman–Crippen MR) is 72.3 cm³/mol.